The molecule has 3 aromatic rings. The van der Waals surface area contributed by atoms with Gasteiger partial charge in [-0.3, -0.25) is 4.79 Å². The Kier molecular flexibility index (Phi) is 6.30. The number of benzene rings is 2. The molecule has 0 aliphatic rings. The van der Waals surface area contributed by atoms with Crippen LogP contribution in [0.2, 0.25) is 0 Å². The van der Waals surface area contributed by atoms with Crippen molar-refractivity contribution < 1.29 is 14.3 Å². The summed E-state index contributed by atoms with van der Waals surface area (Å²) < 4.78 is 10.5. The standard InChI is InChI=1S/C21H25N3O3/c1-26-16-12-15(13-17(14-16)27-2)9-10-21(25)22-11-5-8-20-23-18-6-3-4-7-19(18)24-20/h3-4,6-7,12-14H,5,8-11H2,1-2H3,(H,22,25)(H,23,24). The first-order valence-electron chi connectivity index (χ1n) is 9.10. The van der Waals surface area contributed by atoms with Gasteiger partial charge >= 0.3 is 0 Å². The summed E-state index contributed by atoms with van der Waals surface area (Å²) in [4.78, 5) is 19.9. The number of nitrogens with zero attached hydrogens (tertiary/aromatic N) is 1. The number of H-pyrrole nitrogens is 1. The van der Waals surface area contributed by atoms with Gasteiger partial charge in [-0.2, -0.15) is 0 Å². The normalized spacial score (nSPS) is 10.7. The molecule has 6 nitrogen and oxygen atoms in total. The minimum absolute atomic E-state index is 0.0430. The molecule has 0 saturated heterocycles. The van der Waals surface area contributed by atoms with Gasteiger partial charge in [-0.1, -0.05) is 12.1 Å². The third kappa shape index (κ3) is 5.23. The molecule has 0 aliphatic heterocycles. The molecule has 0 radical (unpaired) electrons. The average molecular weight is 367 g/mol. The van der Waals surface area contributed by atoms with E-state index in [4.69, 9.17) is 9.47 Å². The van der Waals surface area contributed by atoms with Gasteiger partial charge in [0.05, 0.1) is 25.3 Å². The number of aryl methyl sites for hydroxylation is 2. The minimum atomic E-state index is 0.0430. The average Bonchev–Trinajstić information content (AvgIpc) is 3.12. The molecule has 0 saturated carbocycles. The largest absolute Gasteiger partial charge is 0.497 e. The Morgan fingerprint density at radius 2 is 1.81 bits per heavy atom. The van der Waals surface area contributed by atoms with Gasteiger partial charge in [-0.25, -0.2) is 4.98 Å². The summed E-state index contributed by atoms with van der Waals surface area (Å²) in [6, 6.07) is 13.6. The third-order valence-electron chi connectivity index (χ3n) is 4.40. The van der Waals surface area contributed by atoms with Gasteiger partial charge in [0.1, 0.15) is 17.3 Å². The molecule has 0 spiro atoms. The van der Waals surface area contributed by atoms with Crippen LogP contribution < -0.4 is 14.8 Å². The number of carbonyl (C=O) groups is 1. The third-order valence-corrected chi connectivity index (χ3v) is 4.40. The molecule has 27 heavy (non-hydrogen) atoms. The SMILES string of the molecule is COc1cc(CCC(=O)NCCCc2nc3ccccc3[nH]2)cc(OC)c1. The van der Waals surface area contributed by atoms with Gasteiger partial charge in [0.15, 0.2) is 0 Å². The molecule has 1 amide bonds. The number of aromatic amines is 1. The van der Waals surface area contributed by atoms with Crippen LogP contribution in [-0.2, 0) is 17.6 Å². The predicted octanol–water partition coefficient (Wildman–Crippen LogP) is 3.26. The first-order chi connectivity index (χ1) is 13.2. The van der Waals surface area contributed by atoms with Crippen LogP contribution in [0.3, 0.4) is 0 Å². The maximum atomic E-state index is 12.1. The second-order valence-electron chi connectivity index (χ2n) is 6.38. The van der Waals surface area contributed by atoms with Gasteiger partial charge in [0.25, 0.3) is 0 Å². The van der Waals surface area contributed by atoms with Crippen LogP contribution in [0.15, 0.2) is 42.5 Å². The molecule has 1 heterocycles. The summed E-state index contributed by atoms with van der Waals surface area (Å²) >= 11 is 0. The Morgan fingerprint density at radius 1 is 1.07 bits per heavy atom. The highest BCUT2D eigenvalue weighted by Gasteiger charge is 2.06. The van der Waals surface area contributed by atoms with E-state index in [1.165, 1.54) is 0 Å². The molecule has 142 valence electrons. The molecule has 0 aliphatic carbocycles. The lowest BCUT2D eigenvalue weighted by Crippen LogP contribution is -2.25. The topological polar surface area (TPSA) is 76.2 Å². The van der Waals surface area contributed by atoms with Gasteiger partial charge in [0, 0.05) is 25.5 Å². The quantitative estimate of drug-likeness (QED) is 0.569. The Bertz CT molecular complexity index is 849. The number of carbonyl (C=O) groups excluding carboxylic acids is 1. The maximum absolute atomic E-state index is 12.1. The predicted molar refractivity (Wildman–Crippen MR) is 105 cm³/mol. The number of fused-ring (bicyclic) bond motifs is 1. The smallest absolute Gasteiger partial charge is 0.220 e. The van der Waals surface area contributed by atoms with Crippen molar-refractivity contribution in [2.75, 3.05) is 20.8 Å². The molecule has 0 unspecified atom stereocenters. The monoisotopic (exact) mass is 367 g/mol. The highest BCUT2D eigenvalue weighted by atomic mass is 16.5. The van der Waals surface area contributed by atoms with E-state index in [0.717, 1.165) is 46.8 Å². The van der Waals surface area contributed by atoms with E-state index in [1.807, 2.05) is 42.5 Å². The zero-order valence-electron chi connectivity index (χ0n) is 15.7. The highest BCUT2D eigenvalue weighted by molar-refractivity contribution is 5.76. The lowest BCUT2D eigenvalue weighted by atomic mass is 10.1. The van der Waals surface area contributed by atoms with Crippen LogP contribution in [0, 0.1) is 0 Å². The van der Waals surface area contributed by atoms with Crippen molar-refractivity contribution in [3.63, 3.8) is 0 Å². The number of methoxy groups -OCH3 is 2. The molecule has 3 rings (SSSR count). The summed E-state index contributed by atoms with van der Waals surface area (Å²) in [5.41, 5.74) is 3.04. The van der Waals surface area contributed by atoms with E-state index in [2.05, 4.69) is 15.3 Å². The lowest BCUT2D eigenvalue weighted by molar-refractivity contribution is -0.121. The molecular formula is C21H25N3O3. The Morgan fingerprint density at radius 3 is 2.52 bits per heavy atom. The zero-order valence-corrected chi connectivity index (χ0v) is 15.7. The van der Waals surface area contributed by atoms with E-state index < -0.39 is 0 Å². The second-order valence-corrected chi connectivity index (χ2v) is 6.38. The van der Waals surface area contributed by atoms with E-state index in [0.29, 0.717) is 19.4 Å². The second kappa shape index (κ2) is 9.07. The fraction of sp³-hybridized carbons (Fsp3) is 0.333. The Balaban J connectivity index is 1.41. The van der Waals surface area contributed by atoms with Crippen molar-refractivity contribution in [1.82, 2.24) is 15.3 Å². The molecule has 6 heteroatoms. The molecule has 0 bridgehead atoms. The fourth-order valence-corrected chi connectivity index (χ4v) is 2.96. The van der Waals surface area contributed by atoms with Crippen LogP contribution in [0.1, 0.15) is 24.2 Å². The van der Waals surface area contributed by atoms with Crippen molar-refractivity contribution in [1.29, 1.82) is 0 Å². The van der Waals surface area contributed by atoms with Gasteiger partial charge in [-0.05, 0) is 42.7 Å². The summed E-state index contributed by atoms with van der Waals surface area (Å²) in [6.45, 7) is 0.636. The van der Waals surface area contributed by atoms with Crippen molar-refractivity contribution in [3.05, 3.63) is 53.9 Å². The Labute approximate surface area is 158 Å². The number of nitrogens with one attached hydrogen (secondary N) is 2. The fourth-order valence-electron chi connectivity index (χ4n) is 2.96. The number of ether oxygens (including phenoxy) is 2. The Hall–Kier alpha value is -3.02. The number of hydrogen-bond acceptors (Lipinski definition) is 4. The van der Waals surface area contributed by atoms with Crippen LogP contribution in [0.25, 0.3) is 11.0 Å². The number of amides is 1. The van der Waals surface area contributed by atoms with E-state index in [-0.39, 0.29) is 5.91 Å². The van der Waals surface area contributed by atoms with Crippen molar-refractivity contribution in [3.8, 4) is 11.5 Å². The number of rotatable bonds is 9. The van der Waals surface area contributed by atoms with Crippen molar-refractivity contribution in [2.45, 2.75) is 25.7 Å². The van der Waals surface area contributed by atoms with Gasteiger partial charge < -0.3 is 19.8 Å². The zero-order chi connectivity index (χ0) is 19.1. The highest BCUT2D eigenvalue weighted by Crippen LogP contribution is 2.23. The first-order valence-corrected chi connectivity index (χ1v) is 9.10. The van der Waals surface area contributed by atoms with Gasteiger partial charge in [0.2, 0.25) is 5.91 Å². The molecular weight excluding hydrogens is 342 g/mol. The minimum Gasteiger partial charge on any atom is -0.497 e. The lowest BCUT2D eigenvalue weighted by Gasteiger charge is -2.09. The summed E-state index contributed by atoms with van der Waals surface area (Å²) in [5.74, 6) is 2.46. The van der Waals surface area contributed by atoms with Crippen molar-refractivity contribution in [2.24, 2.45) is 0 Å². The summed E-state index contributed by atoms with van der Waals surface area (Å²) in [5, 5.41) is 2.97. The maximum Gasteiger partial charge on any atom is 0.220 e. The summed E-state index contributed by atoms with van der Waals surface area (Å²) in [6.07, 6.45) is 2.73. The van der Waals surface area contributed by atoms with Crippen LogP contribution >= 0.6 is 0 Å². The van der Waals surface area contributed by atoms with E-state index in [9.17, 15) is 4.79 Å². The molecule has 0 fully saturated rings. The number of para-hydroxylation sites is 2. The van der Waals surface area contributed by atoms with Crippen LogP contribution in [-0.4, -0.2) is 36.6 Å². The molecule has 1 aromatic heterocycles. The van der Waals surface area contributed by atoms with E-state index in [1.54, 1.807) is 14.2 Å². The number of imidazole rings is 1. The van der Waals surface area contributed by atoms with Crippen LogP contribution in [0.4, 0.5) is 0 Å². The number of hydrogen-bond donors (Lipinski definition) is 2. The molecule has 0 atom stereocenters. The van der Waals surface area contributed by atoms with Gasteiger partial charge in [-0.15, -0.1) is 0 Å². The van der Waals surface area contributed by atoms with Crippen LogP contribution in [0.5, 0.6) is 11.5 Å². The molecule has 2 N–H and O–H groups in total. The van der Waals surface area contributed by atoms with E-state index >= 15 is 0 Å². The summed E-state index contributed by atoms with van der Waals surface area (Å²) in [7, 11) is 3.24. The van der Waals surface area contributed by atoms with Crippen molar-refractivity contribution >= 4 is 16.9 Å². The molecule has 2 aromatic carbocycles. The first kappa shape index (κ1) is 18.8. The number of aromatic nitrogens is 2.